The third-order valence-electron chi connectivity index (χ3n) is 5.52. The first-order valence-corrected chi connectivity index (χ1v) is 10.0. The third-order valence-corrected chi connectivity index (χ3v) is 5.52. The molecular formula is C24H24N2O5. The molecule has 2 aromatic carbocycles. The lowest BCUT2D eigenvalue weighted by atomic mass is 10.0. The molecule has 0 atom stereocenters. The van der Waals surface area contributed by atoms with Crippen LogP contribution in [0.3, 0.4) is 0 Å². The minimum atomic E-state index is -0.503. The molecule has 0 bridgehead atoms. The molecule has 160 valence electrons. The van der Waals surface area contributed by atoms with E-state index < -0.39 is 5.63 Å². The number of benzene rings is 2. The second-order valence-electron chi connectivity index (χ2n) is 7.36. The molecule has 0 saturated heterocycles. The number of aromatic nitrogens is 1. The molecule has 2 aromatic heterocycles. The summed E-state index contributed by atoms with van der Waals surface area (Å²) in [4.78, 5) is 28.2. The lowest BCUT2D eigenvalue weighted by Gasteiger charge is -2.09. The highest BCUT2D eigenvalue weighted by molar-refractivity contribution is 5.86. The molecule has 0 radical (unpaired) electrons. The molecule has 0 saturated carbocycles. The van der Waals surface area contributed by atoms with Crippen molar-refractivity contribution < 1.29 is 18.7 Å². The second-order valence-corrected chi connectivity index (χ2v) is 7.36. The Bertz CT molecular complexity index is 1320. The van der Waals surface area contributed by atoms with Crippen molar-refractivity contribution >= 4 is 27.8 Å². The van der Waals surface area contributed by atoms with Gasteiger partial charge in [0.2, 0.25) is 5.91 Å². The predicted molar refractivity (Wildman–Crippen MR) is 119 cm³/mol. The van der Waals surface area contributed by atoms with Crippen LogP contribution in [0.15, 0.2) is 51.8 Å². The zero-order chi connectivity index (χ0) is 22.0. The van der Waals surface area contributed by atoms with Crippen LogP contribution in [-0.4, -0.2) is 31.7 Å². The molecule has 2 N–H and O–H groups in total. The van der Waals surface area contributed by atoms with E-state index >= 15 is 0 Å². The van der Waals surface area contributed by atoms with Crippen molar-refractivity contribution in [2.45, 2.75) is 19.8 Å². The van der Waals surface area contributed by atoms with Gasteiger partial charge in [0.25, 0.3) is 0 Å². The van der Waals surface area contributed by atoms with Crippen molar-refractivity contribution in [1.82, 2.24) is 10.3 Å². The number of aromatic amines is 1. The average Bonchev–Trinajstić information content (AvgIpc) is 3.18. The summed E-state index contributed by atoms with van der Waals surface area (Å²) in [6.45, 7) is 2.28. The number of ether oxygens (including phenoxy) is 2. The normalized spacial score (nSPS) is 11.1. The molecule has 7 nitrogen and oxygen atoms in total. The maximum absolute atomic E-state index is 12.5. The number of amides is 1. The summed E-state index contributed by atoms with van der Waals surface area (Å²) in [7, 11) is 3.19. The Morgan fingerprint density at radius 3 is 2.58 bits per heavy atom. The zero-order valence-electron chi connectivity index (χ0n) is 17.7. The van der Waals surface area contributed by atoms with Crippen LogP contribution in [0, 0.1) is 6.92 Å². The van der Waals surface area contributed by atoms with Crippen LogP contribution in [-0.2, 0) is 17.6 Å². The molecule has 4 rings (SSSR count). The van der Waals surface area contributed by atoms with Crippen LogP contribution in [0.5, 0.6) is 11.5 Å². The van der Waals surface area contributed by atoms with Crippen molar-refractivity contribution in [2.75, 3.05) is 20.8 Å². The standard InChI is InChI=1S/C24H24N2O5/c1-14-18-6-4-17(30-3)11-22(18)31-24(28)19(14)12-23(27)25-9-8-15-13-26-21-7-5-16(29-2)10-20(15)21/h4-7,10-11,13,26H,8-9,12H2,1-3H3,(H,25,27). The number of carbonyl (C=O) groups excluding carboxylic acids is 1. The van der Waals surface area contributed by atoms with Gasteiger partial charge in [-0.15, -0.1) is 0 Å². The molecule has 0 spiro atoms. The highest BCUT2D eigenvalue weighted by Crippen LogP contribution is 2.25. The Labute approximate surface area is 179 Å². The molecule has 7 heteroatoms. The van der Waals surface area contributed by atoms with Gasteiger partial charge in [-0.3, -0.25) is 4.79 Å². The smallest absolute Gasteiger partial charge is 0.340 e. The number of fused-ring (bicyclic) bond motifs is 2. The highest BCUT2D eigenvalue weighted by atomic mass is 16.5. The van der Waals surface area contributed by atoms with E-state index in [-0.39, 0.29) is 12.3 Å². The number of hydrogen-bond acceptors (Lipinski definition) is 5. The summed E-state index contributed by atoms with van der Waals surface area (Å²) in [5.41, 5.74) is 3.16. The van der Waals surface area contributed by atoms with Crippen LogP contribution < -0.4 is 20.4 Å². The monoisotopic (exact) mass is 420 g/mol. The number of rotatable bonds is 7. The third kappa shape index (κ3) is 4.12. The maximum Gasteiger partial charge on any atom is 0.340 e. The first-order valence-electron chi connectivity index (χ1n) is 10.0. The Balaban J connectivity index is 1.44. The largest absolute Gasteiger partial charge is 0.497 e. The molecule has 4 aromatic rings. The molecular weight excluding hydrogens is 396 g/mol. The van der Waals surface area contributed by atoms with E-state index in [1.54, 1.807) is 26.4 Å². The topological polar surface area (TPSA) is 93.6 Å². The van der Waals surface area contributed by atoms with E-state index in [2.05, 4.69) is 10.3 Å². The Kier molecular flexibility index (Phi) is 5.66. The minimum absolute atomic E-state index is 0.0299. The summed E-state index contributed by atoms with van der Waals surface area (Å²) in [5, 5.41) is 4.75. The van der Waals surface area contributed by atoms with Gasteiger partial charge >= 0.3 is 5.63 Å². The lowest BCUT2D eigenvalue weighted by Crippen LogP contribution is -2.29. The first-order chi connectivity index (χ1) is 15.0. The summed E-state index contributed by atoms with van der Waals surface area (Å²) >= 11 is 0. The Morgan fingerprint density at radius 1 is 1.06 bits per heavy atom. The fourth-order valence-electron chi connectivity index (χ4n) is 3.76. The fourth-order valence-corrected chi connectivity index (χ4v) is 3.76. The van der Waals surface area contributed by atoms with Crippen molar-refractivity contribution in [3.8, 4) is 11.5 Å². The molecule has 0 unspecified atom stereocenters. The molecule has 0 aliphatic carbocycles. The highest BCUT2D eigenvalue weighted by Gasteiger charge is 2.15. The van der Waals surface area contributed by atoms with Crippen molar-refractivity contribution in [1.29, 1.82) is 0 Å². The quantitative estimate of drug-likeness (QED) is 0.447. The fraction of sp³-hybridized carbons (Fsp3) is 0.250. The molecule has 0 aliphatic heterocycles. The summed E-state index contributed by atoms with van der Waals surface area (Å²) < 4.78 is 15.9. The Hall–Kier alpha value is -3.74. The van der Waals surface area contributed by atoms with Crippen LogP contribution in [0.25, 0.3) is 21.9 Å². The van der Waals surface area contributed by atoms with Crippen molar-refractivity contribution in [3.63, 3.8) is 0 Å². The van der Waals surface area contributed by atoms with E-state index in [1.807, 2.05) is 37.4 Å². The van der Waals surface area contributed by atoms with E-state index in [9.17, 15) is 9.59 Å². The average molecular weight is 420 g/mol. The van der Waals surface area contributed by atoms with E-state index in [0.29, 0.717) is 29.9 Å². The number of carbonyl (C=O) groups is 1. The number of aryl methyl sites for hydroxylation is 1. The van der Waals surface area contributed by atoms with Crippen LogP contribution in [0.2, 0.25) is 0 Å². The van der Waals surface area contributed by atoms with Gasteiger partial charge in [-0.25, -0.2) is 4.79 Å². The molecule has 1 amide bonds. The number of methoxy groups -OCH3 is 2. The van der Waals surface area contributed by atoms with Gasteiger partial charge in [0.1, 0.15) is 17.1 Å². The Morgan fingerprint density at radius 2 is 1.81 bits per heavy atom. The summed E-state index contributed by atoms with van der Waals surface area (Å²) in [6.07, 6.45) is 2.56. The minimum Gasteiger partial charge on any atom is -0.497 e. The molecule has 0 aliphatic rings. The molecule has 2 heterocycles. The predicted octanol–water partition coefficient (Wildman–Crippen LogP) is 3.50. The van der Waals surface area contributed by atoms with E-state index in [4.69, 9.17) is 13.9 Å². The maximum atomic E-state index is 12.5. The molecule has 31 heavy (non-hydrogen) atoms. The van der Waals surface area contributed by atoms with Crippen LogP contribution >= 0.6 is 0 Å². The van der Waals surface area contributed by atoms with Gasteiger partial charge in [0, 0.05) is 35.1 Å². The second kappa shape index (κ2) is 8.55. The van der Waals surface area contributed by atoms with Crippen LogP contribution in [0.1, 0.15) is 16.7 Å². The van der Waals surface area contributed by atoms with Crippen molar-refractivity contribution in [3.05, 3.63) is 69.7 Å². The van der Waals surface area contributed by atoms with E-state index in [1.165, 1.54) is 0 Å². The number of hydrogen-bond donors (Lipinski definition) is 2. The van der Waals surface area contributed by atoms with Crippen molar-refractivity contribution in [2.24, 2.45) is 0 Å². The summed E-state index contributed by atoms with van der Waals surface area (Å²) in [6, 6.07) is 11.1. The zero-order valence-corrected chi connectivity index (χ0v) is 17.7. The van der Waals surface area contributed by atoms with Gasteiger partial charge in [-0.1, -0.05) is 0 Å². The van der Waals surface area contributed by atoms with Gasteiger partial charge in [0.15, 0.2) is 0 Å². The van der Waals surface area contributed by atoms with E-state index in [0.717, 1.165) is 33.2 Å². The SMILES string of the molecule is COc1ccc2c(C)c(CC(=O)NCCc3c[nH]c4ccc(OC)cc34)c(=O)oc2c1. The van der Waals surface area contributed by atoms with Gasteiger partial charge in [-0.05, 0) is 54.8 Å². The van der Waals surface area contributed by atoms with Gasteiger partial charge in [-0.2, -0.15) is 0 Å². The van der Waals surface area contributed by atoms with Crippen LogP contribution in [0.4, 0.5) is 0 Å². The van der Waals surface area contributed by atoms with Gasteiger partial charge in [0.05, 0.1) is 26.2 Å². The lowest BCUT2D eigenvalue weighted by molar-refractivity contribution is -0.120. The van der Waals surface area contributed by atoms with Gasteiger partial charge < -0.3 is 24.2 Å². The molecule has 0 fully saturated rings. The number of H-pyrrole nitrogens is 1. The number of nitrogens with one attached hydrogen (secondary N) is 2. The first kappa shape index (κ1) is 20.5. The summed E-state index contributed by atoms with van der Waals surface area (Å²) in [5.74, 6) is 1.17.